The number of ether oxygens (including phenoxy) is 7. The number of nitrogens with zero attached hydrogens (tertiary/aromatic N) is 8. The molecule has 3 saturated heterocycles. The Kier molecular flexibility index (Phi) is 36.3. The van der Waals surface area contributed by atoms with Crippen LogP contribution in [0.2, 0.25) is 0 Å². The van der Waals surface area contributed by atoms with Crippen LogP contribution in [0.5, 0.6) is 23.0 Å². The lowest BCUT2D eigenvalue weighted by Gasteiger charge is -2.42. The molecule has 40 nitrogen and oxygen atoms in total. The number of rotatable bonds is 38. The van der Waals surface area contributed by atoms with E-state index in [1.807, 2.05) is 75.5 Å². The number of aromatic nitrogens is 4. The van der Waals surface area contributed by atoms with E-state index in [9.17, 15) is 62.3 Å². The molecule has 5 aliphatic heterocycles. The van der Waals surface area contributed by atoms with Crippen LogP contribution in [0, 0.1) is 11.8 Å². The fourth-order valence-electron chi connectivity index (χ4n) is 17.8. The first-order chi connectivity index (χ1) is 71.5. The number of piperidine rings is 2. The first kappa shape index (κ1) is 109. The normalized spacial score (nSPS) is 16.4. The zero-order valence-corrected chi connectivity index (χ0v) is 85.6. The third-order valence-corrected chi connectivity index (χ3v) is 26.3. The largest absolute Gasteiger partial charge is 0.493 e. The van der Waals surface area contributed by atoms with Crippen LogP contribution in [0.3, 0.4) is 0 Å². The number of carbonyl (C=O) groups excluding carboxylic acids is 13. The van der Waals surface area contributed by atoms with E-state index in [-0.39, 0.29) is 121 Å². The van der Waals surface area contributed by atoms with Gasteiger partial charge in [-0.15, -0.1) is 0 Å². The minimum atomic E-state index is -0.919. The molecule has 10 aromatic rings. The van der Waals surface area contributed by atoms with E-state index < -0.39 is 78.4 Å². The van der Waals surface area contributed by atoms with Crippen LogP contribution in [-0.2, 0) is 71.2 Å². The Hall–Kier alpha value is -16.2. The molecule has 8 atom stereocenters. The summed E-state index contributed by atoms with van der Waals surface area (Å²) in [5.41, 5.74) is 21.8. The van der Waals surface area contributed by atoms with Crippen molar-refractivity contribution in [2.45, 2.75) is 174 Å². The highest BCUT2D eigenvalue weighted by molar-refractivity contribution is 6.10. The van der Waals surface area contributed by atoms with Crippen molar-refractivity contribution in [3.63, 3.8) is 0 Å². The molecule has 15 rings (SSSR count). The van der Waals surface area contributed by atoms with Crippen molar-refractivity contribution in [1.82, 2.24) is 38.7 Å². The van der Waals surface area contributed by atoms with Crippen LogP contribution < -0.4 is 88.5 Å². The molecule has 3 fully saturated rings. The number of aryl methyl sites for hydroxylation is 4. The molecule has 5 aliphatic rings. The molecule has 0 aliphatic carbocycles. The number of amides is 13. The van der Waals surface area contributed by atoms with Gasteiger partial charge in [0.05, 0.1) is 85.5 Å². The van der Waals surface area contributed by atoms with Crippen molar-refractivity contribution >= 4 is 140 Å². The number of fused-ring (bicyclic) bond motifs is 4. The maximum atomic E-state index is 14.3. The Morgan fingerprint density at radius 2 is 0.859 bits per heavy atom. The maximum Gasteiger partial charge on any atom is 0.416 e. The van der Waals surface area contributed by atoms with Crippen molar-refractivity contribution < 1.29 is 95.5 Å². The molecule has 40 heteroatoms. The average molecular weight is 2040 g/mol. The summed E-state index contributed by atoms with van der Waals surface area (Å²) < 4.78 is 48.3. The van der Waals surface area contributed by atoms with Gasteiger partial charge in [-0.25, -0.2) is 9.69 Å². The number of methoxy groups -OCH3 is 2. The van der Waals surface area contributed by atoms with E-state index in [0.29, 0.717) is 130 Å². The molecule has 6 aromatic carbocycles. The molecule has 0 saturated carbocycles. The van der Waals surface area contributed by atoms with E-state index >= 15 is 0 Å². The maximum absolute atomic E-state index is 14.3. The Morgan fingerprint density at radius 1 is 0.450 bits per heavy atom. The van der Waals surface area contributed by atoms with Gasteiger partial charge in [0.25, 0.3) is 35.4 Å². The average Bonchev–Trinajstić information content (AvgIpc) is 1.61. The number of hydrogen-bond donors (Lipinski definition) is 12. The van der Waals surface area contributed by atoms with Crippen LogP contribution >= 0.6 is 0 Å². The van der Waals surface area contributed by atoms with Gasteiger partial charge in [-0.05, 0) is 217 Å². The number of aliphatic imine (C=N–C) groups is 1. The molecule has 149 heavy (non-hydrogen) atoms. The van der Waals surface area contributed by atoms with Crippen molar-refractivity contribution in [3.8, 4) is 45.3 Å². The van der Waals surface area contributed by atoms with Gasteiger partial charge in [0.1, 0.15) is 41.5 Å². The summed E-state index contributed by atoms with van der Waals surface area (Å²) in [5, 5.41) is 28.0. The van der Waals surface area contributed by atoms with E-state index in [0.717, 1.165) is 67.2 Å². The highest BCUT2D eigenvalue weighted by Crippen LogP contribution is 2.44. The smallest absolute Gasteiger partial charge is 0.416 e. The van der Waals surface area contributed by atoms with Gasteiger partial charge in [-0.3, -0.25) is 62.5 Å². The predicted octanol–water partition coefficient (Wildman–Crippen LogP) is 14.3. The molecule has 13 amide bonds. The van der Waals surface area contributed by atoms with Crippen molar-refractivity contribution in [1.29, 1.82) is 0 Å². The van der Waals surface area contributed by atoms with Crippen LogP contribution in [0.25, 0.3) is 22.3 Å². The molecule has 0 radical (unpaired) electrons. The molecular weight excluding hydrogens is 1910 g/mol. The zero-order valence-electron chi connectivity index (χ0n) is 85.6. The third kappa shape index (κ3) is 27.4. The molecule has 786 valence electrons. The number of carbonyl (C=O) groups is 13. The van der Waals surface area contributed by atoms with Crippen LogP contribution in [0.4, 0.5) is 61.7 Å². The molecule has 2 unspecified atom stereocenters. The van der Waals surface area contributed by atoms with Crippen molar-refractivity contribution in [2.24, 2.45) is 56.5 Å². The molecular formula is C109H130N20O20. The third-order valence-electron chi connectivity index (χ3n) is 26.3. The second-order valence-corrected chi connectivity index (χ2v) is 38.0. The first-order valence-corrected chi connectivity index (χ1v) is 49.9. The summed E-state index contributed by atoms with van der Waals surface area (Å²) in [7, 11) is 9.92. The van der Waals surface area contributed by atoms with Gasteiger partial charge >= 0.3 is 6.09 Å². The summed E-state index contributed by atoms with van der Waals surface area (Å²) in [6.07, 6.45) is 16.5. The Morgan fingerprint density at radius 3 is 1.30 bits per heavy atom. The van der Waals surface area contributed by atoms with E-state index in [4.69, 9.17) is 44.6 Å². The van der Waals surface area contributed by atoms with Crippen molar-refractivity contribution in [2.75, 3.05) is 101 Å². The Bertz CT molecular complexity index is 6620. The summed E-state index contributed by atoms with van der Waals surface area (Å²) in [6, 6.07) is 37.3. The van der Waals surface area contributed by atoms with Crippen LogP contribution in [-0.4, -0.2) is 214 Å². The molecule has 0 spiro atoms. The zero-order chi connectivity index (χ0) is 107. The number of nitrogens with one attached hydrogen (secondary N) is 10. The van der Waals surface area contributed by atoms with Gasteiger partial charge in [0.2, 0.25) is 35.4 Å². The quantitative estimate of drug-likeness (QED) is 0.0126. The fourth-order valence-corrected chi connectivity index (χ4v) is 17.8. The lowest BCUT2D eigenvalue weighted by atomic mass is 10.00. The van der Waals surface area contributed by atoms with Gasteiger partial charge in [-0.2, -0.15) is 0 Å². The highest BCUT2D eigenvalue weighted by atomic mass is 16.7. The molecule has 0 bridgehead atoms. The number of nitrogens with two attached hydrogens (primary N) is 2. The molecule has 4 aromatic heterocycles. The minimum Gasteiger partial charge on any atom is -0.493 e. The number of benzene rings is 6. The first-order valence-electron chi connectivity index (χ1n) is 49.9. The Balaban J connectivity index is 0.000000238. The van der Waals surface area contributed by atoms with E-state index in [1.165, 1.54) is 25.2 Å². The van der Waals surface area contributed by atoms with Gasteiger partial charge in [0, 0.05) is 149 Å². The topological polar surface area (TPSA) is 501 Å². The van der Waals surface area contributed by atoms with Gasteiger partial charge in [0.15, 0.2) is 35.5 Å². The Labute approximate surface area is 863 Å². The second kappa shape index (κ2) is 49.8. The summed E-state index contributed by atoms with van der Waals surface area (Å²) in [5.74, 6) is -2.79. The van der Waals surface area contributed by atoms with Crippen molar-refractivity contribution in [3.05, 3.63) is 217 Å². The predicted molar refractivity (Wildman–Crippen MR) is 566 cm³/mol. The lowest BCUT2D eigenvalue weighted by Crippen LogP contribution is -2.57. The minimum absolute atomic E-state index is 0.0206. The summed E-state index contributed by atoms with van der Waals surface area (Å²) in [4.78, 5) is 181. The van der Waals surface area contributed by atoms with Crippen LogP contribution in [0.1, 0.15) is 188 Å². The van der Waals surface area contributed by atoms with E-state index in [1.54, 1.807) is 199 Å². The van der Waals surface area contributed by atoms with E-state index in [2.05, 4.69) is 64.7 Å². The highest BCUT2D eigenvalue weighted by Gasteiger charge is 2.48. The fraction of sp³-hybridized carbons (Fsp3) is 0.376. The SMILES string of the molecule is C=CCOC(=O)N1c2cc(OCCCC(=O)Nc3cc(C(=O)Nc4ccc(-c5cc(C(=O)Nc6ccc(NC(=O)[C@H](C)NC(=O)[C@@H](N)C(C)C)cc6)n(C)c5)cc4)n(C)c3)c(OC)cc2C(=O)N2CCCC[C@H]2C1OC1CCCCO1.COc1cc2c(cc1OCCCC(=O)Nc1cc(C(=O)Nc3ccc(-c4cc(C(=O)Nc5ccc(NC(=O)[C@H](C)NC(=O)[C@@H](N)C(C)C)cc5)n(C)c4)cc3)n(C)c1)N=C[C@@H]1CCCCN1C2=O. The number of hydrogen-bond acceptors (Lipinski definition) is 23. The summed E-state index contributed by atoms with van der Waals surface area (Å²) in [6.45, 7) is 16.1. The van der Waals surface area contributed by atoms with Crippen LogP contribution in [0.15, 0.2) is 188 Å². The second-order valence-electron chi connectivity index (χ2n) is 38.0. The number of anilines is 9. The van der Waals surface area contributed by atoms with Gasteiger partial charge < -0.3 is 126 Å². The molecule has 14 N–H and O–H groups in total. The summed E-state index contributed by atoms with van der Waals surface area (Å²) >= 11 is 0. The molecule has 9 heterocycles. The standard InChI is InChI=1S/C59H72N10O12.C50H58N10O8/c1-8-26-80-59(76)69-45-32-49(48(77-7)31-43(45)57(75)68-25-11-9-14-44(68)58(69)81-51-16-10-12-27-79-51)78-28-13-15-50(70)62-42-30-47(67(6)34-42)55(73)64-39-19-17-37(18-20-39)38-29-46(66(5)33-38)54(72)65-41-23-21-40(22-24-41)63-53(71)36(4)61-56(74)52(60)35(2)3;1-29(2)45(51)49(65)53-30(3)46(62)55-34-16-18-35(19-17-34)57-47(63)40-22-32(27-58(40)4)31-12-14-33(15-13-31)56-48(64)41-23-36(28-59(41)5)54-44(61)11-9-21-68-43-25-39-38(24-42(43)67-6)50(66)60-20-8-7-10-37(60)26-52-39/h8,17-24,29-36,44,51-52,58H,1,9-16,25-28,60H2,2-7H3,(H,61,74)(H,62,70)(H,63,71)(H,64,73)(H,65,72);12-19,22-30,37,45H,7-11,20-21,51H2,1-6H3,(H,53,65)(H,54,61)(H,55,62)(H,56,64)(H,57,63)/t36-,44-,51?,52-,58?;30-,37-,45-/m00/s1. The lowest BCUT2D eigenvalue weighted by molar-refractivity contribution is -0.198. The monoisotopic (exact) mass is 2040 g/mol. The van der Waals surface area contributed by atoms with Gasteiger partial charge in [-0.1, -0.05) is 64.6 Å².